The Kier molecular flexibility index (Phi) is 9.04. The lowest BCUT2D eigenvalue weighted by atomic mass is 10.2. The molecule has 0 saturated carbocycles. The molecule has 0 spiro atoms. The number of hydrogen-bond acceptors (Lipinski definition) is 4. The van der Waals surface area contributed by atoms with E-state index in [9.17, 15) is 22.8 Å². The molecule has 0 aliphatic carbocycles. The molecule has 2 amide bonds. The number of nitrogens with two attached hydrogens (primary N) is 1. The molecule has 0 saturated heterocycles. The molecule has 4 N–H and O–H groups in total. The van der Waals surface area contributed by atoms with Gasteiger partial charge in [0.15, 0.2) is 6.61 Å². The molecular formula is C13H17ClF3N3O3. The van der Waals surface area contributed by atoms with Crippen LogP contribution in [0.25, 0.3) is 0 Å². The molecule has 23 heavy (non-hydrogen) atoms. The Morgan fingerprint density at radius 3 is 2.22 bits per heavy atom. The summed E-state index contributed by atoms with van der Waals surface area (Å²) < 4.78 is 40.5. The van der Waals surface area contributed by atoms with Crippen LogP contribution < -0.4 is 21.1 Å². The minimum absolute atomic E-state index is 0. The van der Waals surface area contributed by atoms with Crippen molar-refractivity contribution in [2.75, 3.05) is 19.7 Å². The summed E-state index contributed by atoms with van der Waals surface area (Å²) in [6.07, 6.45) is -4.39. The van der Waals surface area contributed by atoms with Crippen LogP contribution in [0.5, 0.6) is 5.75 Å². The van der Waals surface area contributed by atoms with E-state index < -0.39 is 24.6 Å². The van der Waals surface area contributed by atoms with Crippen LogP contribution in [0.15, 0.2) is 24.3 Å². The largest absolute Gasteiger partial charge is 0.484 e. The fourth-order valence-electron chi connectivity index (χ4n) is 1.38. The zero-order chi connectivity index (χ0) is 16.6. The number of ether oxygens (including phenoxy) is 1. The van der Waals surface area contributed by atoms with Gasteiger partial charge in [-0.1, -0.05) is 12.1 Å². The molecule has 1 aromatic carbocycles. The van der Waals surface area contributed by atoms with Gasteiger partial charge in [0.05, 0.1) is 13.1 Å². The number of alkyl halides is 3. The Balaban J connectivity index is 0.00000484. The van der Waals surface area contributed by atoms with E-state index in [1.165, 1.54) is 24.3 Å². The highest BCUT2D eigenvalue weighted by Crippen LogP contribution is 2.18. The van der Waals surface area contributed by atoms with Gasteiger partial charge in [-0.3, -0.25) is 9.59 Å². The Bertz CT molecular complexity index is 509. The highest BCUT2D eigenvalue weighted by atomic mass is 35.5. The van der Waals surface area contributed by atoms with Crippen LogP contribution in [0.3, 0.4) is 0 Å². The fraction of sp³-hybridized carbons (Fsp3) is 0.385. The second-order valence-corrected chi connectivity index (χ2v) is 4.31. The zero-order valence-electron chi connectivity index (χ0n) is 12.0. The first-order valence-corrected chi connectivity index (χ1v) is 6.32. The molecule has 6 nitrogen and oxygen atoms in total. The SMILES string of the molecule is Cl.NCC(=O)NCC(=O)NCc1ccc(OCC(F)(F)F)cc1. The fourth-order valence-corrected chi connectivity index (χ4v) is 1.38. The van der Waals surface area contributed by atoms with Crippen LogP contribution in [0.1, 0.15) is 5.56 Å². The molecule has 0 radical (unpaired) electrons. The number of hydrogen-bond donors (Lipinski definition) is 3. The number of amides is 2. The lowest BCUT2D eigenvalue weighted by Gasteiger charge is -2.10. The monoisotopic (exact) mass is 355 g/mol. The predicted molar refractivity (Wildman–Crippen MR) is 79.2 cm³/mol. The highest BCUT2D eigenvalue weighted by Gasteiger charge is 2.28. The number of benzene rings is 1. The van der Waals surface area contributed by atoms with Crippen LogP contribution in [-0.4, -0.2) is 37.7 Å². The summed E-state index contributed by atoms with van der Waals surface area (Å²) in [7, 11) is 0. The molecule has 0 bridgehead atoms. The molecule has 10 heteroatoms. The molecule has 130 valence electrons. The summed E-state index contributed by atoms with van der Waals surface area (Å²) in [6.45, 7) is -1.57. The maximum absolute atomic E-state index is 12.0. The molecule has 0 fully saturated rings. The van der Waals surface area contributed by atoms with E-state index in [1.807, 2.05) is 0 Å². The topological polar surface area (TPSA) is 93.5 Å². The lowest BCUT2D eigenvalue weighted by Crippen LogP contribution is -2.39. The van der Waals surface area contributed by atoms with E-state index in [0.717, 1.165) is 0 Å². The summed E-state index contributed by atoms with van der Waals surface area (Å²) in [5, 5.41) is 4.84. The lowest BCUT2D eigenvalue weighted by molar-refractivity contribution is -0.153. The Hall–Kier alpha value is -2.00. The summed E-state index contributed by atoms with van der Waals surface area (Å²) in [4.78, 5) is 22.3. The van der Waals surface area contributed by atoms with Crippen LogP contribution in [-0.2, 0) is 16.1 Å². The van der Waals surface area contributed by atoms with Crippen molar-refractivity contribution in [3.63, 3.8) is 0 Å². The Labute approximate surface area is 137 Å². The third-order valence-corrected chi connectivity index (χ3v) is 2.45. The minimum Gasteiger partial charge on any atom is -0.484 e. The van der Waals surface area contributed by atoms with E-state index in [1.54, 1.807) is 0 Å². The average Bonchev–Trinajstić information content (AvgIpc) is 2.48. The minimum atomic E-state index is -4.39. The maximum atomic E-state index is 12.0. The molecule has 0 unspecified atom stereocenters. The highest BCUT2D eigenvalue weighted by molar-refractivity contribution is 5.85. The first-order chi connectivity index (χ1) is 10.3. The van der Waals surface area contributed by atoms with Gasteiger partial charge in [-0.25, -0.2) is 0 Å². The van der Waals surface area contributed by atoms with Crippen LogP contribution >= 0.6 is 12.4 Å². The number of nitrogens with one attached hydrogen (secondary N) is 2. The number of carbonyl (C=O) groups excluding carboxylic acids is 2. The summed E-state index contributed by atoms with van der Waals surface area (Å²) in [5.74, 6) is -0.761. The van der Waals surface area contributed by atoms with E-state index in [2.05, 4.69) is 15.4 Å². The molecule has 0 aliphatic rings. The smallest absolute Gasteiger partial charge is 0.422 e. The number of halogens is 4. The van der Waals surface area contributed by atoms with Gasteiger partial charge in [0.2, 0.25) is 11.8 Å². The molecule has 1 aromatic rings. The summed E-state index contributed by atoms with van der Waals surface area (Å²) in [6, 6.07) is 5.82. The van der Waals surface area contributed by atoms with Crippen molar-refractivity contribution in [3.8, 4) is 5.75 Å². The molecule has 0 aromatic heterocycles. The van der Waals surface area contributed by atoms with Crippen molar-refractivity contribution in [2.24, 2.45) is 5.73 Å². The molecule has 1 rings (SSSR count). The van der Waals surface area contributed by atoms with Crippen molar-refractivity contribution in [3.05, 3.63) is 29.8 Å². The van der Waals surface area contributed by atoms with Crippen molar-refractivity contribution in [1.29, 1.82) is 0 Å². The average molecular weight is 356 g/mol. The predicted octanol–water partition coefficient (Wildman–Crippen LogP) is 0.741. The quantitative estimate of drug-likeness (QED) is 0.672. The Morgan fingerprint density at radius 1 is 1.09 bits per heavy atom. The summed E-state index contributed by atoms with van der Waals surface area (Å²) >= 11 is 0. The molecule has 0 atom stereocenters. The third kappa shape index (κ3) is 9.59. The van der Waals surface area contributed by atoms with Crippen LogP contribution in [0.2, 0.25) is 0 Å². The maximum Gasteiger partial charge on any atom is 0.422 e. The summed E-state index contributed by atoms with van der Waals surface area (Å²) in [5.41, 5.74) is 5.74. The van der Waals surface area contributed by atoms with E-state index in [4.69, 9.17) is 5.73 Å². The van der Waals surface area contributed by atoms with Gasteiger partial charge in [0.1, 0.15) is 5.75 Å². The number of carbonyl (C=O) groups is 2. The van der Waals surface area contributed by atoms with Gasteiger partial charge in [0, 0.05) is 6.54 Å². The van der Waals surface area contributed by atoms with Gasteiger partial charge < -0.3 is 21.1 Å². The van der Waals surface area contributed by atoms with Gasteiger partial charge >= 0.3 is 6.18 Å². The van der Waals surface area contributed by atoms with Gasteiger partial charge in [-0.2, -0.15) is 13.2 Å². The van der Waals surface area contributed by atoms with Crippen molar-refractivity contribution in [1.82, 2.24) is 10.6 Å². The molecule has 0 heterocycles. The second-order valence-electron chi connectivity index (χ2n) is 4.31. The van der Waals surface area contributed by atoms with Crippen molar-refractivity contribution >= 4 is 24.2 Å². The van der Waals surface area contributed by atoms with Gasteiger partial charge in [-0.15, -0.1) is 12.4 Å². The van der Waals surface area contributed by atoms with E-state index in [-0.39, 0.29) is 37.8 Å². The Morgan fingerprint density at radius 2 is 1.70 bits per heavy atom. The first kappa shape index (κ1) is 21.0. The van der Waals surface area contributed by atoms with Crippen molar-refractivity contribution < 1.29 is 27.5 Å². The molecular weight excluding hydrogens is 339 g/mol. The number of rotatable bonds is 7. The normalized spacial score (nSPS) is 10.4. The van der Waals surface area contributed by atoms with E-state index in [0.29, 0.717) is 5.56 Å². The second kappa shape index (κ2) is 9.90. The molecule has 0 aliphatic heterocycles. The van der Waals surface area contributed by atoms with Gasteiger partial charge in [-0.05, 0) is 17.7 Å². The van der Waals surface area contributed by atoms with Crippen LogP contribution in [0.4, 0.5) is 13.2 Å². The van der Waals surface area contributed by atoms with Crippen LogP contribution in [0, 0.1) is 0 Å². The first-order valence-electron chi connectivity index (χ1n) is 6.32. The van der Waals surface area contributed by atoms with E-state index >= 15 is 0 Å². The van der Waals surface area contributed by atoms with Gasteiger partial charge in [0.25, 0.3) is 0 Å². The standard InChI is InChI=1S/C13H16F3N3O3.ClH/c14-13(15,16)8-22-10-3-1-9(2-4-10)6-18-12(21)7-19-11(20)5-17;/h1-4H,5-8,17H2,(H,18,21)(H,19,20);1H. The zero-order valence-corrected chi connectivity index (χ0v) is 12.8. The third-order valence-electron chi connectivity index (χ3n) is 2.45. The van der Waals surface area contributed by atoms with Crippen molar-refractivity contribution in [2.45, 2.75) is 12.7 Å².